The minimum absolute atomic E-state index is 0.0164. The zero-order valence-corrected chi connectivity index (χ0v) is 13.7. The highest BCUT2D eigenvalue weighted by atomic mass is 16.5. The van der Waals surface area contributed by atoms with Crippen molar-refractivity contribution in [3.05, 3.63) is 24.3 Å². The van der Waals surface area contributed by atoms with Crippen molar-refractivity contribution in [2.75, 3.05) is 18.5 Å². The molecule has 3 atom stereocenters. The van der Waals surface area contributed by atoms with E-state index < -0.39 is 0 Å². The molecule has 1 aromatic carbocycles. The summed E-state index contributed by atoms with van der Waals surface area (Å²) in [5.41, 5.74) is 0.733. The normalized spacial score (nSPS) is 27.0. The van der Waals surface area contributed by atoms with Gasteiger partial charge in [-0.2, -0.15) is 0 Å². The topological polar surface area (TPSA) is 61.8 Å². The molecule has 2 heterocycles. The first kappa shape index (κ1) is 16.3. The molecule has 0 saturated carbocycles. The maximum atomic E-state index is 12.3. The highest BCUT2D eigenvalue weighted by Crippen LogP contribution is 2.35. The van der Waals surface area contributed by atoms with Crippen LogP contribution in [0, 0.1) is 0 Å². The first-order valence-corrected chi connectivity index (χ1v) is 8.63. The summed E-state index contributed by atoms with van der Waals surface area (Å²) in [5.74, 6) is 0.729. The van der Waals surface area contributed by atoms with Gasteiger partial charge in [0.1, 0.15) is 5.75 Å². The number of benzene rings is 1. The maximum absolute atomic E-state index is 12.3. The fourth-order valence-electron chi connectivity index (χ4n) is 3.91. The van der Waals surface area contributed by atoms with Gasteiger partial charge in [0.05, 0.1) is 18.4 Å². The molecule has 3 rings (SSSR count). The van der Waals surface area contributed by atoms with Gasteiger partial charge in [-0.15, -0.1) is 0 Å². The van der Waals surface area contributed by atoms with E-state index in [1.165, 1.54) is 0 Å². The Morgan fingerprint density at radius 2 is 2.00 bits per heavy atom. The Bertz CT molecular complexity index is 535. The lowest BCUT2D eigenvalue weighted by Gasteiger charge is -2.36. The van der Waals surface area contributed by atoms with Gasteiger partial charge in [-0.1, -0.05) is 12.1 Å². The molecular weight excluding hydrogens is 292 g/mol. The number of rotatable bonds is 6. The van der Waals surface area contributed by atoms with Crippen LogP contribution in [0.25, 0.3) is 0 Å². The molecule has 23 heavy (non-hydrogen) atoms. The van der Waals surface area contributed by atoms with Crippen LogP contribution in [0.1, 0.15) is 39.0 Å². The number of aliphatic hydroxyl groups is 1. The molecule has 0 aromatic heterocycles. The van der Waals surface area contributed by atoms with Gasteiger partial charge in [-0.25, -0.2) is 0 Å². The average Bonchev–Trinajstić information content (AvgIpc) is 2.77. The largest absolute Gasteiger partial charge is 0.492 e. The molecule has 126 valence electrons. The Morgan fingerprint density at radius 3 is 2.70 bits per heavy atom. The summed E-state index contributed by atoms with van der Waals surface area (Å²) in [6.45, 7) is 3.27. The number of amides is 1. The van der Waals surface area contributed by atoms with E-state index in [0.717, 1.165) is 37.9 Å². The standard InChI is InChI=1S/C18H26N2O3/c1-2-23-17-6-4-3-5-16(17)19-18(22)9-10-20-13-7-8-14(20)12-15(21)11-13/h3-6,13-15,21H,2,7-12H2,1H3,(H,19,22)/t13-,14+,15?. The Labute approximate surface area is 137 Å². The summed E-state index contributed by atoms with van der Waals surface area (Å²) in [4.78, 5) is 14.7. The van der Waals surface area contributed by atoms with E-state index in [1.807, 2.05) is 31.2 Å². The molecule has 1 aromatic rings. The number of hydrogen-bond acceptors (Lipinski definition) is 4. The zero-order chi connectivity index (χ0) is 16.2. The summed E-state index contributed by atoms with van der Waals surface area (Å²) < 4.78 is 5.54. The monoisotopic (exact) mass is 318 g/mol. The summed E-state index contributed by atoms with van der Waals surface area (Å²) >= 11 is 0. The van der Waals surface area contributed by atoms with Gasteiger partial charge in [-0.05, 0) is 44.7 Å². The van der Waals surface area contributed by atoms with Crippen LogP contribution in [0.15, 0.2) is 24.3 Å². The van der Waals surface area contributed by atoms with Crippen LogP contribution >= 0.6 is 0 Å². The number of nitrogens with zero attached hydrogens (tertiary/aromatic N) is 1. The van der Waals surface area contributed by atoms with Gasteiger partial charge >= 0.3 is 0 Å². The van der Waals surface area contributed by atoms with E-state index in [2.05, 4.69) is 10.2 Å². The van der Waals surface area contributed by atoms with E-state index in [0.29, 0.717) is 30.9 Å². The Hall–Kier alpha value is -1.59. The number of carbonyl (C=O) groups excluding carboxylic acids is 1. The second-order valence-electron chi connectivity index (χ2n) is 6.48. The number of nitrogens with one attached hydrogen (secondary N) is 1. The fraction of sp³-hybridized carbons (Fsp3) is 0.611. The fourth-order valence-corrected chi connectivity index (χ4v) is 3.91. The molecule has 2 N–H and O–H groups in total. The molecule has 2 aliphatic rings. The third-order valence-electron chi connectivity index (χ3n) is 4.92. The van der Waals surface area contributed by atoms with Gasteiger partial charge < -0.3 is 15.2 Å². The van der Waals surface area contributed by atoms with E-state index in [1.54, 1.807) is 0 Å². The van der Waals surface area contributed by atoms with Gasteiger partial charge in [0, 0.05) is 25.0 Å². The summed E-state index contributed by atoms with van der Waals surface area (Å²) in [6.07, 6.45) is 4.32. The van der Waals surface area contributed by atoms with Crippen LogP contribution < -0.4 is 10.1 Å². The quantitative estimate of drug-likeness (QED) is 0.845. The molecule has 0 spiro atoms. The number of ether oxygens (including phenoxy) is 1. The van der Waals surface area contributed by atoms with Crippen molar-refractivity contribution in [2.45, 2.75) is 57.2 Å². The van der Waals surface area contributed by atoms with Gasteiger partial charge in [-0.3, -0.25) is 9.69 Å². The molecule has 0 radical (unpaired) electrons. The number of para-hydroxylation sites is 2. The summed E-state index contributed by atoms with van der Waals surface area (Å²) in [6, 6.07) is 8.43. The van der Waals surface area contributed by atoms with Crippen LogP contribution in [0.5, 0.6) is 5.75 Å². The SMILES string of the molecule is CCOc1ccccc1NC(=O)CCN1[C@@H]2CC[C@H]1CC(O)C2. The second-order valence-corrected chi connectivity index (χ2v) is 6.48. The molecule has 0 aliphatic carbocycles. The highest BCUT2D eigenvalue weighted by Gasteiger charge is 2.39. The van der Waals surface area contributed by atoms with Crippen molar-refractivity contribution in [2.24, 2.45) is 0 Å². The minimum Gasteiger partial charge on any atom is -0.492 e. The van der Waals surface area contributed by atoms with Crippen LogP contribution in [-0.4, -0.2) is 47.3 Å². The van der Waals surface area contributed by atoms with E-state index in [4.69, 9.17) is 4.74 Å². The number of piperidine rings is 1. The minimum atomic E-state index is -0.157. The van der Waals surface area contributed by atoms with Crippen molar-refractivity contribution in [3.8, 4) is 5.75 Å². The molecule has 5 heteroatoms. The van der Waals surface area contributed by atoms with Crippen molar-refractivity contribution < 1.29 is 14.6 Å². The first-order valence-electron chi connectivity index (χ1n) is 8.63. The first-order chi connectivity index (χ1) is 11.2. The number of carbonyl (C=O) groups is 1. The van der Waals surface area contributed by atoms with Gasteiger partial charge in [0.15, 0.2) is 0 Å². The predicted molar refractivity (Wildman–Crippen MR) is 89.6 cm³/mol. The Kier molecular flexibility index (Phi) is 5.18. The molecular formula is C18H26N2O3. The van der Waals surface area contributed by atoms with Crippen LogP contribution in [0.2, 0.25) is 0 Å². The van der Waals surface area contributed by atoms with Crippen molar-refractivity contribution >= 4 is 11.6 Å². The predicted octanol–water partition coefficient (Wildman–Crippen LogP) is 2.40. The Balaban J connectivity index is 1.53. The number of hydrogen-bond donors (Lipinski definition) is 2. The van der Waals surface area contributed by atoms with Crippen molar-refractivity contribution in [1.29, 1.82) is 0 Å². The smallest absolute Gasteiger partial charge is 0.225 e. The molecule has 1 unspecified atom stereocenters. The molecule has 2 bridgehead atoms. The van der Waals surface area contributed by atoms with Gasteiger partial charge in [0.25, 0.3) is 0 Å². The van der Waals surface area contributed by atoms with Crippen molar-refractivity contribution in [3.63, 3.8) is 0 Å². The lowest BCUT2D eigenvalue weighted by Crippen LogP contribution is -2.45. The molecule has 2 fully saturated rings. The zero-order valence-electron chi connectivity index (χ0n) is 13.7. The Morgan fingerprint density at radius 1 is 1.30 bits per heavy atom. The third kappa shape index (κ3) is 3.85. The van der Waals surface area contributed by atoms with Crippen molar-refractivity contribution in [1.82, 2.24) is 4.90 Å². The third-order valence-corrected chi connectivity index (χ3v) is 4.92. The second kappa shape index (κ2) is 7.32. The lowest BCUT2D eigenvalue weighted by molar-refractivity contribution is -0.116. The van der Waals surface area contributed by atoms with Gasteiger partial charge in [0.2, 0.25) is 5.91 Å². The maximum Gasteiger partial charge on any atom is 0.225 e. The summed E-state index contributed by atoms with van der Waals surface area (Å²) in [5, 5.41) is 12.8. The number of fused-ring (bicyclic) bond motifs is 2. The molecule has 5 nitrogen and oxygen atoms in total. The van der Waals surface area contributed by atoms with Crippen LogP contribution in [0.4, 0.5) is 5.69 Å². The summed E-state index contributed by atoms with van der Waals surface area (Å²) in [7, 11) is 0. The molecule has 1 amide bonds. The number of anilines is 1. The number of aliphatic hydroxyl groups excluding tert-OH is 1. The molecule has 2 saturated heterocycles. The van der Waals surface area contributed by atoms with Crippen LogP contribution in [-0.2, 0) is 4.79 Å². The van der Waals surface area contributed by atoms with E-state index in [9.17, 15) is 9.90 Å². The average molecular weight is 318 g/mol. The van der Waals surface area contributed by atoms with E-state index >= 15 is 0 Å². The van der Waals surface area contributed by atoms with Crippen LogP contribution in [0.3, 0.4) is 0 Å². The van der Waals surface area contributed by atoms with E-state index in [-0.39, 0.29) is 12.0 Å². The molecule has 2 aliphatic heterocycles. The lowest BCUT2D eigenvalue weighted by atomic mass is 10.00. The highest BCUT2D eigenvalue weighted by molar-refractivity contribution is 5.92.